The Labute approximate surface area is 127 Å². The lowest BCUT2D eigenvalue weighted by molar-refractivity contribution is 0.0722. The number of aromatic amines is 1. The third-order valence-electron chi connectivity index (χ3n) is 4.33. The van der Waals surface area contributed by atoms with E-state index in [1.807, 2.05) is 17.0 Å². The topological polar surface area (TPSA) is 66.8 Å². The first-order valence-electron chi connectivity index (χ1n) is 7.46. The fraction of sp³-hybridized carbons (Fsp3) is 0.312. The number of amides is 1. The largest absolute Gasteiger partial charge is 0.341 e. The number of carbonyl (C=O) groups excluding carboxylic acids is 1. The molecule has 22 heavy (non-hydrogen) atoms. The molecule has 0 radical (unpaired) electrons. The van der Waals surface area contributed by atoms with Gasteiger partial charge in [-0.3, -0.25) is 9.48 Å². The number of aryl methyl sites for hydroxylation is 1. The third-order valence-corrected chi connectivity index (χ3v) is 4.33. The predicted molar refractivity (Wildman–Crippen MR) is 82.3 cm³/mol. The zero-order chi connectivity index (χ0) is 15.1. The lowest BCUT2D eigenvalue weighted by Gasteiger charge is -2.23. The number of hydrogen-bond acceptors (Lipinski definition) is 3. The molecule has 1 aliphatic heterocycles. The molecule has 4 heterocycles. The number of carbonyl (C=O) groups is 1. The molecule has 4 rings (SSSR count). The fourth-order valence-electron chi connectivity index (χ4n) is 3.22. The smallest absolute Gasteiger partial charge is 0.272 e. The van der Waals surface area contributed by atoms with Crippen LogP contribution >= 0.6 is 0 Å². The number of rotatable bonds is 2. The van der Waals surface area contributed by atoms with Gasteiger partial charge in [0.1, 0.15) is 11.3 Å². The fourth-order valence-corrected chi connectivity index (χ4v) is 3.22. The van der Waals surface area contributed by atoms with Crippen LogP contribution in [0.25, 0.3) is 11.0 Å². The predicted octanol–water partition coefficient (Wildman–Crippen LogP) is 2.27. The summed E-state index contributed by atoms with van der Waals surface area (Å²) in [5.41, 5.74) is 2.56. The van der Waals surface area contributed by atoms with Gasteiger partial charge in [0.25, 0.3) is 5.91 Å². The number of nitrogens with one attached hydrogen (secondary N) is 1. The van der Waals surface area contributed by atoms with Gasteiger partial charge in [0.05, 0.1) is 6.04 Å². The van der Waals surface area contributed by atoms with Gasteiger partial charge in [-0.25, -0.2) is 4.98 Å². The molecule has 3 aromatic heterocycles. The quantitative estimate of drug-likeness (QED) is 0.788. The highest BCUT2D eigenvalue weighted by Gasteiger charge is 2.32. The highest BCUT2D eigenvalue weighted by molar-refractivity contribution is 5.93. The highest BCUT2D eigenvalue weighted by atomic mass is 16.2. The number of hydrogen-bond donors (Lipinski definition) is 1. The molecule has 3 aromatic rings. The van der Waals surface area contributed by atoms with Gasteiger partial charge in [0.2, 0.25) is 0 Å². The molecule has 0 aromatic carbocycles. The Bertz CT molecular complexity index is 801. The van der Waals surface area contributed by atoms with Gasteiger partial charge in [-0.1, -0.05) is 0 Å². The van der Waals surface area contributed by atoms with Crippen LogP contribution in [0.4, 0.5) is 0 Å². The number of fused-ring (bicyclic) bond motifs is 1. The molecule has 1 atom stereocenters. The Hall–Kier alpha value is -2.63. The first-order chi connectivity index (χ1) is 10.7. The van der Waals surface area contributed by atoms with Crippen LogP contribution in [0.3, 0.4) is 0 Å². The second-order valence-corrected chi connectivity index (χ2v) is 5.66. The van der Waals surface area contributed by atoms with E-state index in [4.69, 9.17) is 0 Å². The van der Waals surface area contributed by atoms with Crippen LogP contribution < -0.4 is 0 Å². The van der Waals surface area contributed by atoms with Crippen LogP contribution in [0.2, 0.25) is 0 Å². The van der Waals surface area contributed by atoms with E-state index in [0.717, 1.165) is 36.1 Å². The Morgan fingerprint density at radius 2 is 2.27 bits per heavy atom. The summed E-state index contributed by atoms with van der Waals surface area (Å²) >= 11 is 0. The lowest BCUT2D eigenvalue weighted by Crippen LogP contribution is -2.32. The molecule has 1 aliphatic rings. The number of nitrogens with zero attached hydrogens (tertiary/aromatic N) is 4. The molecule has 0 bridgehead atoms. The van der Waals surface area contributed by atoms with Gasteiger partial charge >= 0.3 is 0 Å². The van der Waals surface area contributed by atoms with Crippen molar-refractivity contribution in [2.24, 2.45) is 7.05 Å². The van der Waals surface area contributed by atoms with Crippen LogP contribution in [0.15, 0.2) is 36.7 Å². The summed E-state index contributed by atoms with van der Waals surface area (Å²) in [5, 5.41) is 5.17. The van der Waals surface area contributed by atoms with Crippen LogP contribution in [0, 0.1) is 0 Å². The molecule has 112 valence electrons. The number of pyridine rings is 1. The van der Waals surface area contributed by atoms with E-state index >= 15 is 0 Å². The summed E-state index contributed by atoms with van der Waals surface area (Å²) in [5.74, 6) is 0.0362. The maximum Gasteiger partial charge on any atom is 0.272 e. The van der Waals surface area contributed by atoms with Crippen molar-refractivity contribution in [3.8, 4) is 0 Å². The maximum atomic E-state index is 12.8. The van der Waals surface area contributed by atoms with E-state index in [0.29, 0.717) is 5.69 Å². The second kappa shape index (κ2) is 4.98. The zero-order valence-corrected chi connectivity index (χ0v) is 12.4. The van der Waals surface area contributed by atoms with E-state index < -0.39 is 0 Å². The summed E-state index contributed by atoms with van der Waals surface area (Å²) < 4.78 is 1.63. The molecule has 6 nitrogen and oxygen atoms in total. The van der Waals surface area contributed by atoms with E-state index in [1.54, 1.807) is 30.2 Å². The molecular weight excluding hydrogens is 278 g/mol. The van der Waals surface area contributed by atoms with Crippen molar-refractivity contribution in [2.75, 3.05) is 6.54 Å². The Kier molecular flexibility index (Phi) is 2.96. The van der Waals surface area contributed by atoms with E-state index in [-0.39, 0.29) is 11.9 Å². The molecule has 1 amide bonds. The molecule has 1 saturated heterocycles. The molecule has 0 saturated carbocycles. The van der Waals surface area contributed by atoms with Crippen molar-refractivity contribution in [3.05, 3.63) is 48.0 Å². The van der Waals surface area contributed by atoms with Crippen molar-refractivity contribution in [3.63, 3.8) is 0 Å². The Morgan fingerprint density at radius 3 is 3.05 bits per heavy atom. The van der Waals surface area contributed by atoms with Gasteiger partial charge in [-0.05, 0) is 37.1 Å². The van der Waals surface area contributed by atoms with Crippen molar-refractivity contribution in [1.82, 2.24) is 24.6 Å². The van der Waals surface area contributed by atoms with Gasteiger partial charge in [0.15, 0.2) is 0 Å². The average molecular weight is 295 g/mol. The molecule has 1 N–H and O–H groups in total. The SMILES string of the molecule is Cn1nccc1C(=O)N1CCC[C@H]1c1cc2cccnc2[nH]1. The van der Waals surface area contributed by atoms with Crippen molar-refractivity contribution < 1.29 is 4.79 Å². The Morgan fingerprint density at radius 1 is 1.36 bits per heavy atom. The zero-order valence-electron chi connectivity index (χ0n) is 12.4. The minimum Gasteiger partial charge on any atom is -0.341 e. The van der Waals surface area contributed by atoms with Gasteiger partial charge in [-0.15, -0.1) is 0 Å². The number of H-pyrrole nitrogens is 1. The van der Waals surface area contributed by atoms with Gasteiger partial charge in [-0.2, -0.15) is 5.10 Å². The standard InChI is InChI=1S/C16H17N5O/c1-20-14(6-8-18-20)16(22)21-9-3-5-13(21)12-10-11-4-2-7-17-15(11)19-12/h2,4,6-8,10,13H,3,5,9H2,1H3,(H,17,19)/t13-/m0/s1. The van der Waals surface area contributed by atoms with Crippen LogP contribution in [-0.2, 0) is 7.05 Å². The first kappa shape index (κ1) is 13.1. The minimum atomic E-state index is 0.0362. The van der Waals surface area contributed by atoms with Crippen molar-refractivity contribution in [1.29, 1.82) is 0 Å². The summed E-state index contributed by atoms with van der Waals surface area (Å²) in [6.45, 7) is 0.775. The first-order valence-corrected chi connectivity index (χ1v) is 7.46. The highest BCUT2D eigenvalue weighted by Crippen LogP contribution is 2.33. The van der Waals surface area contributed by atoms with E-state index in [1.165, 1.54) is 0 Å². The molecule has 0 aliphatic carbocycles. The minimum absolute atomic E-state index is 0.0362. The monoisotopic (exact) mass is 295 g/mol. The summed E-state index contributed by atoms with van der Waals surface area (Å²) in [7, 11) is 1.80. The number of likely N-dealkylation sites (tertiary alicyclic amines) is 1. The third kappa shape index (κ3) is 1.99. The molecule has 0 unspecified atom stereocenters. The summed E-state index contributed by atoms with van der Waals surface area (Å²) in [6.07, 6.45) is 5.41. The van der Waals surface area contributed by atoms with E-state index in [9.17, 15) is 4.79 Å². The normalized spacial score (nSPS) is 18.2. The summed E-state index contributed by atoms with van der Waals surface area (Å²) in [4.78, 5) is 22.4. The lowest BCUT2D eigenvalue weighted by atomic mass is 10.1. The van der Waals surface area contributed by atoms with Crippen LogP contribution in [-0.4, -0.2) is 37.1 Å². The maximum absolute atomic E-state index is 12.8. The summed E-state index contributed by atoms with van der Waals surface area (Å²) in [6, 6.07) is 7.90. The molecule has 0 spiro atoms. The molecular formula is C16H17N5O. The van der Waals surface area contributed by atoms with Gasteiger partial charge < -0.3 is 9.88 Å². The second-order valence-electron chi connectivity index (χ2n) is 5.66. The number of aromatic nitrogens is 4. The van der Waals surface area contributed by atoms with Crippen LogP contribution in [0.1, 0.15) is 35.1 Å². The molecule has 6 heteroatoms. The Balaban J connectivity index is 1.69. The van der Waals surface area contributed by atoms with Gasteiger partial charge in [0, 0.05) is 37.1 Å². The van der Waals surface area contributed by atoms with E-state index in [2.05, 4.69) is 21.1 Å². The average Bonchev–Trinajstić information content (AvgIpc) is 3.24. The van der Waals surface area contributed by atoms with Crippen molar-refractivity contribution in [2.45, 2.75) is 18.9 Å². The molecule has 1 fully saturated rings. The van der Waals surface area contributed by atoms with Crippen LogP contribution in [0.5, 0.6) is 0 Å². The van der Waals surface area contributed by atoms with Crippen molar-refractivity contribution >= 4 is 16.9 Å².